The number of para-hydroxylation sites is 1. The highest BCUT2D eigenvalue weighted by Gasteiger charge is 2.30. The molecule has 2 amide bonds. The van der Waals surface area contributed by atoms with Crippen LogP contribution < -0.4 is 10.1 Å². The Bertz CT molecular complexity index is 596. The van der Waals surface area contributed by atoms with Gasteiger partial charge in [-0.15, -0.1) is 11.8 Å². The Balaban J connectivity index is 1.52. The van der Waals surface area contributed by atoms with Crippen LogP contribution in [0, 0.1) is 0 Å². The molecule has 3 rings (SSSR count). The van der Waals surface area contributed by atoms with Gasteiger partial charge in [-0.1, -0.05) is 18.2 Å². The minimum Gasteiger partial charge on any atom is -0.496 e. The summed E-state index contributed by atoms with van der Waals surface area (Å²) in [5.74, 6) is 2.67. The summed E-state index contributed by atoms with van der Waals surface area (Å²) in [5, 5.41) is 3.21. The van der Waals surface area contributed by atoms with Gasteiger partial charge in [0.15, 0.2) is 0 Å². The number of piperazine rings is 1. The number of amides is 2. The average molecular weight is 349 g/mol. The van der Waals surface area contributed by atoms with Crippen molar-refractivity contribution in [2.75, 3.05) is 44.9 Å². The van der Waals surface area contributed by atoms with Crippen molar-refractivity contribution in [3.63, 3.8) is 0 Å². The molecule has 0 bridgehead atoms. The second-order valence-electron chi connectivity index (χ2n) is 5.97. The Morgan fingerprint density at radius 1 is 1.21 bits per heavy atom. The summed E-state index contributed by atoms with van der Waals surface area (Å²) in [6, 6.07) is 7.53. The zero-order chi connectivity index (χ0) is 16.9. The van der Waals surface area contributed by atoms with Crippen LogP contribution in [0.4, 0.5) is 0 Å². The first-order valence-corrected chi connectivity index (χ1v) is 9.34. The third-order valence-electron chi connectivity index (χ3n) is 4.49. The van der Waals surface area contributed by atoms with Gasteiger partial charge in [-0.05, 0) is 6.07 Å². The standard InChI is InChI=1S/C17H23N3O3S/c1-23-15-5-3-2-4-13(15)10-16(21)19-6-8-20(9-7-19)17(22)14-11-24-12-18-14/h2-5,14,18H,6-12H2,1H3. The quantitative estimate of drug-likeness (QED) is 0.861. The monoisotopic (exact) mass is 349 g/mol. The maximum Gasteiger partial charge on any atom is 0.240 e. The van der Waals surface area contributed by atoms with E-state index < -0.39 is 0 Å². The van der Waals surface area contributed by atoms with Gasteiger partial charge in [-0.3, -0.25) is 14.9 Å². The van der Waals surface area contributed by atoms with Crippen molar-refractivity contribution < 1.29 is 14.3 Å². The van der Waals surface area contributed by atoms with Crippen molar-refractivity contribution >= 4 is 23.6 Å². The topological polar surface area (TPSA) is 61.9 Å². The molecule has 130 valence electrons. The molecule has 1 atom stereocenters. The molecule has 2 fully saturated rings. The Labute approximate surface area is 146 Å². The van der Waals surface area contributed by atoms with Gasteiger partial charge in [0, 0.05) is 43.4 Å². The second-order valence-corrected chi connectivity index (χ2v) is 7.00. The van der Waals surface area contributed by atoms with Crippen LogP contribution in [0.2, 0.25) is 0 Å². The normalized spacial score (nSPS) is 21.0. The molecule has 2 aliphatic rings. The van der Waals surface area contributed by atoms with Crippen LogP contribution in [-0.2, 0) is 16.0 Å². The van der Waals surface area contributed by atoms with Gasteiger partial charge < -0.3 is 14.5 Å². The van der Waals surface area contributed by atoms with Gasteiger partial charge in [0.25, 0.3) is 0 Å². The number of hydrogen-bond acceptors (Lipinski definition) is 5. The minimum absolute atomic E-state index is 0.0640. The van der Waals surface area contributed by atoms with Gasteiger partial charge in [-0.2, -0.15) is 0 Å². The fourth-order valence-corrected chi connectivity index (χ4v) is 4.01. The predicted octanol–water partition coefficient (Wildman–Crippen LogP) is 0.571. The molecule has 0 aromatic heterocycles. The Morgan fingerprint density at radius 3 is 2.58 bits per heavy atom. The summed E-state index contributed by atoms with van der Waals surface area (Å²) in [6.07, 6.45) is 0.332. The van der Waals surface area contributed by atoms with Crippen molar-refractivity contribution in [2.45, 2.75) is 12.5 Å². The van der Waals surface area contributed by atoms with E-state index in [4.69, 9.17) is 4.74 Å². The molecule has 0 radical (unpaired) electrons. The number of nitrogens with zero attached hydrogens (tertiary/aromatic N) is 2. The number of benzene rings is 1. The summed E-state index contributed by atoms with van der Waals surface area (Å²) >= 11 is 1.75. The highest BCUT2D eigenvalue weighted by molar-refractivity contribution is 7.99. The van der Waals surface area contributed by atoms with Gasteiger partial charge in [0.1, 0.15) is 5.75 Å². The molecule has 1 unspecified atom stereocenters. The van der Waals surface area contributed by atoms with E-state index in [1.807, 2.05) is 34.1 Å². The van der Waals surface area contributed by atoms with Crippen LogP contribution in [-0.4, -0.2) is 72.6 Å². The molecule has 24 heavy (non-hydrogen) atoms. The third kappa shape index (κ3) is 3.84. The number of thioether (sulfide) groups is 1. The number of rotatable bonds is 4. The molecule has 2 aliphatic heterocycles. The summed E-state index contributed by atoms with van der Waals surface area (Å²) in [5.41, 5.74) is 0.899. The fourth-order valence-electron chi connectivity index (χ4n) is 3.07. The molecule has 6 nitrogen and oxygen atoms in total. The zero-order valence-corrected chi connectivity index (χ0v) is 14.7. The summed E-state index contributed by atoms with van der Waals surface area (Å²) in [6.45, 7) is 2.41. The fraction of sp³-hybridized carbons (Fsp3) is 0.529. The summed E-state index contributed by atoms with van der Waals surface area (Å²) < 4.78 is 5.31. The van der Waals surface area contributed by atoms with Crippen LogP contribution >= 0.6 is 11.8 Å². The van der Waals surface area contributed by atoms with E-state index in [1.54, 1.807) is 18.9 Å². The van der Waals surface area contributed by atoms with Crippen molar-refractivity contribution in [3.05, 3.63) is 29.8 Å². The highest BCUT2D eigenvalue weighted by atomic mass is 32.2. The van der Waals surface area contributed by atoms with Gasteiger partial charge >= 0.3 is 0 Å². The van der Waals surface area contributed by atoms with Crippen molar-refractivity contribution in [1.29, 1.82) is 0 Å². The zero-order valence-electron chi connectivity index (χ0n) is 13.9. The summed E-state index contributed by atoms with van der Waals surface area (Å²) in [4.78, 5) is 28.6. The van der Waals surface area contributed by atoms with Crippen LogP contribution in [0.5, 0.6) is 5.75 Å². The number of ether oxygens (including phenoxy) is 1. The highest BCUT2D eigenvalue weighted by Crippen LogP contribution is 2.19. The lowest BCUT2D eigenvalue weighted by Crippen LogP contribution is -2.54. The lowest BCUT2D eigenvalue weighted by molar-refractivity contribution is -0.140. The molecular formula is C17H23N3O3S. The smallest absolute Gasteiger partial charge is 0.240 e. The maximum absolute atomic E-state index is 12.5. The Hall–Kier alpha value is -1.73. The van der Waals surface area contributed by atoms with Crippen LogP contribution in [0.15, 0.2) is 24.3 Å². The Morgan fingerprint density at radius 2 is 1.92 bits per heavy atom. The van der Waals surface area contributed by atoms with E-state index in [9.17, 15) is 9.59 Å². The number of hydrogen-bond donors (Lipinski definition) is 1. The number of methoxy groups -OCH3 is 1. The third-order valence-corrected chi connectivity index (χ3v) is 5.43. The van der Waals surface area contributed by atoms with Gasteiger partial charge in [0.05, 0.1) is 19.6 Å². The summed E-state index contributed by atoms with van der Waals surface area (Å²) in [7, 11) is 1.61. The lowest BCUT2D eigenvalue weighted by Gasteiger charge is -2.36. The molecule has 2 heterocycles. The SMILES string of the molecule is COc1ccccc1CC(=O)N1CCN(C(=O)C2CSCN2)CC1. The van der Waals surface area contributed by atoms with E-state index in [0.29, 0.717) is 32.6 Å². The molecule has 1 aromatic carbocycles. The molecule has 2 saturated heterocycles. The molecule has 7 heteroatoms. The molecule has 1 aromatic rings. The number of carbonyl (C=O) groups is 2. The predicted molar refractivity (Wildman–Crippen MR) is 94.1 cm³/mol. The van der Waals surface area contributed by atoms with E-state index in [-0.39, 0.29) is 17.9 Å². The first-order valence-electron chi connectivity index (χ1n) is 8.18. The minimum atomic E-state index is -0.0640. The molecule has 0 spiro atoms. The molecular weight excluding hydrogens is 326 g/mol. The molecule has 0 aliphatic carbocycles. The van der Waals surface area contributed by atoms with Crippen molar-refractivity contribution in [1.82, 2.24) is 15.1 Å². The van der Waals surface area contributed by atoms with E-state index >= 15 is 0 Å². The van der Waals surface area contributed by atoms with Gasteiger partial charge in [-0.25, -0.2) is 0 Å². The van der Waals surface area contributed by atoms with Crippen molar-refractivity contribution in [2.24, 2.45) is 0 Å². The van der Waals surface area contributed by atoms with Gasteiger partial charge in [0.2, 0.25) is 11.8 Å². The van der Waals surface area contributed by atoms with E-state index in [2.05, 4.69) is 5.32 Å². The lowest BCUT2D eigenvalue weighted by atomic mass is 10.1. The van der Waals surface area contributed by atoms with Crippen LogP contribution in [0.25, 0.3) is 0 Å². The van der Waals surface area contributed by atoms with E-state index in [1.165, 1.54) is 0 Å². The molecule has 1 N–H and O–H groups in total. The van der Waals surface area contributed by atoms with Crippen molar-refractivity contribution in [3.8, 4) is 5.75 Å². The Kier molecular flexibility index (Phi) is 5.63. The number of nitrogens with one attached hydrogen (secondary N) is 1. The van der Waals surface area contributed by atoms with E-state index in [0.717, 1.165) is 22.9 Å². The largest absolute Gasteiger partial charge is 0.496 e. The maximum atomic E-state index is 12.5. The first-order chi connectivity index (χ1) is 11.7. The first kappa shape index (κ1) is 17.1. The number of carbonyl (C=O) groups excluding carboxylic acids is 2. The van der Waals surface area contributed by atoms with Crippen LogP contribution in [0.3, 0.4) is 0 Å². The second kappa shape index (κ2) is 7.90. The average Bonchev–Trinajstić information content (AvgIpc) is 3.16. The van der Waals surface area contributed by atoms with Crippen LogP contribution in [0.1, 0.15) is 5.56 Å². The molecule has 0 saturated carbocycles.